The number of hydrogen-bond acceptors (Lipinski definition) is 6. The number of hydrogen-bond donors (Lipinski definition) is 2. The van der Waals surface area contributed by atoms with Gasteiger partial charge in [0.1, 0.15) is 18.0 Å². The Bertz CT molecular complexity index is 568. The first-order chi connectivity index (χ1) is 11.7. The summed E-state index contributed by atoms with van der Waals surface area (Å²) in [6.07, 6.45) is 5.59. The number of carbonyl (C=O) groups excluding carboxylic acids is 1. The van der Waals surface area contributed by atoms with Gasteiger partial charge in [0.15, 0.2) is 0 Å². The van der Waals surface area contributed by atoms with Gasteiger partial charge in [-0.2, -0.15) is 0 Å². The highest BCUT2D eigenvalue weighted by atomic mass is 16.3. The molecule has 0 spiro atoms. The lowest BCUT2D eigenvalue weighted by Crippen LogP contribution is -2.43. The molecule has 7 nitrogen and oxygen atoms in total. The third kappa shape index (κ3) is 3.61. The van der Waals surface area contributed by atoms with Crippen LogP contribution in [0.15, 0.2) is 12.4 Å². The van der Waals surface area contributed by atoms with Crippen LogP contribution >= 0.6 is 0 Å². The van der Waals surface area contributed by atoms with Gasteiger partial charge in [-0.25, -0.2) is 9.97 Å². The average molecular weight is 333 g/mol. The van der Waals surface area contributed by atoms with Gasteiger partial charge in [-0.3, -0.25) is 4.79 Å². The van der Waals surface area contributed by atoms with Gasteiger partial charge in [0.25, 0.3) is 0 Å². The molecule has 2 fully saturated rings. The molecule has 0 aliphatic carbocycles. The molecule has 2 atom stereocenters. The van der Waals surface area contributed by atoms with Gasteiger partial charge in [0.05, 0.1) is 18.6 Å². The van der Waals surface area contributed by atoms with Crippen molar-refractivity contribution in [3.8, 4) is 0 Å². The first-order valence-corrected chi connectivity index (χ1v) is 8.95. The van der Waals surface area contributed by atoms with Crippen LogP contribution in [0.3, 0.4) is 0 Å². The van der Waals surface area contributed by atoms with Gasteiger partial charge in [-0.1, -0.05) is 0 Å². The van der Waals surface area contributed by atoms with Gasteiger partial charge in [-0.05, 0) is 32.6 Å². The Morgan fingerprint density at radius 3 is 2.88 bits per heavy atom. The van der Waals surface area contributed by atoms with Crippen LogP contribution in [0.4, 0.5) is 11.6 Å². The molecule has 0 radical (unpaired) electrons. The zero-order valence-corrected chi connectivity index (χ0v) is 14.3. The summed E-state index contributed by atoms with van der Waals surface area (Å²) in [6, 6.07) is 2.14. The number of nitrogens with zero attached hydrogens (tertiary/aromatic N) is 4. The van der Waals surface area contributed by atoms with Crippen LogP contribution in [0.2, 0.25) is 0 Å². The number of rotatable bonds is 5. The molecule has 3 heterocycles. The van der Waals surface area contributed by atoms with Crippen molar-refractivity contribution in [3.63, 3.8) is 0 Å². The zero-order valence-electron chi connectivity index (χ0n) is 14.3. The van der Waals surface area contributed by atoms with Gasteiger partial charge < -0.3 is 20.2 Å². The van der Waals surface area contributed by atoms with Crippen molar-refractivity contribution >= 4 is 17.5 Å². The van der Waals surface area contributed by atoms with Crippen molar-refractivity contribution in [3.05, 3.63) is 12.4 Å². The van der Waals surface area contributed by atoms with Crippen LogP contribution in [0.1, 0.15) is 32.6 Å². The average Bonchev–Trinajstić information content (AvgIpc) is 3.11. The lowest BCUT2D eigenvalue weighted by molar-refractivity contribution is -0.125. The number of piperidine rings is 1. The predicted octanol–water partition coefficient (Wildman–Crippen LogP) is 0.790. The van der Waals surface area contributed by atoms with E-state index >= 15 is 0 Å². The van der Waals surface area contributed by atoms with Crippen LogP contribution in [0.25, 0.3) is 0 Å². The highest BCUT2D eigenvalue weighted by molar-refractivity contribution is 5.79. The lowest BCUT2D eigenvalue weighted by atomic mass is 9.97. The van der Waals surface area contributed by atoms with E-state index in [1.165, 1.54) is 0 Å². The summed E-state index contributed by atoms with van der Waals surface area (Å²) >= 11 is 0. The molecule has 2 saturated heterocycles. The maximum Gasteiger partial charge on any atom is 0.224 e. The van der Waals surface area contributed by atoms with E-state index < -0.39 is 0 Å². The monoisotopic (exact) mass is 333 g/mol. The van der Waals surface area contributed by atoms with Crippen molar-refractivity contribution in [2.24, 2.45) is 5.92 Å². The lowest BCUT2D eigenvalue weighted by Gasteiger charge is -2.33. The summed E-state index contributed by atoms with van der Waals surface area (Å²) in [5.74, 6) is 1.90. The van der Waals surface area contributed by atoms with Crippen molar-refractivity contribution < 1.29 is 9.90 Å². The van der Waals surface area contributed by atoms with Gasteiger partial charge in [-0.15, -0.1) is 0 Å². The first-order valence-electron chi connectivity index (χ1n) is 8.95. The highest BCUT2D eigenvalue weighted by Crippen LogP contribution is 2.27. The molecule has 2 aliphatic rings. The molecular weight excluding hydrogens is 306 g/mol. The van der Waals surface area contributed by atoms with Crippen LogP contribution in [0, 0.1) is 5.92 Å². The van der Waals surface area contributed by atoms with E-state index in [-0.39, 0.29) is 24.5 Å². The molecular formula is C17H27N5O2. The summed E-state index contributed by atoms with van der Waals surface area (Å²) in [6.45, 7) is 5.31. The van der Waals surface area contributed by atoms with Gasteiger partial charge in [0.2, 0.25) is 5.91 Å². The largest absolute Gasteiger partial charge is 0.394 e. The molecule has 132 valence electrons. The van der Waals surface area contributed by atoms with E-state index in [4.69, 9.17) is 0 Å². The fourth-order valence-corrected chi connectivity index (χ4v) is 3.71. The molecule has 1 aromatic rings. The van der Waals surface area contributed by atoms with E-state index in [2.05, 4.69) is 25.1 Å². The van der Waals surface area contributed by atoms with Crippen LogP contribution in [0.5, 0.6) is 0 Å². The van der Waals surface area contributed by atoms with E-state index in [1.54, 1.807) is 6.33 Å². The molecule has 24 heavy (non-hydrogen) atoms. The summed E-state index contributed by atoms with van der Waals surface area (Å²) in [7, 11) is 0. The normalized spacial score (nSPS) is 24.2. The summed E-state index contributed by atoms with van der Waals surface area (Å²) in [4.78, 5) is 25.3. The molecule has 1 aromatic heterocycles. The highest BCUT2D eigenvalue weighted by Gasteiger charge is 2.28. The van der Waals surface area contributed by atoms with Crippen LogP contribution < -0.4 is 15.1 Å². The number of amides is 1. The number of aliphatic hydroxyl groups excluding tert-OH is 1. The summed E-state index contributed by atoms with van der Waals surface area (Å²) < 4.78 is 0. The minimum absolute atomic E-state index is 0.0223. The topological polar surface area (TPSA) is 81.6 Å². The molecule has 2 aliphatic heterocycles. The third-order valence-electron chi connectivity index (χ3n) is 4.99. The van der Waals surface area contributed by atoms with Crippen molar-refractivity contribution in [2.45, 2.75) is 38.6 Å². The Labute approximate surface area is 143 Å². The van der Waals surface area contributed by atoms with Crippen molar-refractivity contribution in [2.75, 3.05) is 42.6 Å². The van der Waals surface area contributed by atoms with E-state index in [0.29, 0.717) is 13.1 Å². The smallest absolute Gasteiger partial charge is 0.224 e. The zero-order chi connectivity index (χ0) is 16.9. The SMILES string of the molecule is CCNC(=O)[C@@H]1CCCN(c2cc(N3CCC[C@@H]3CO)ncn2)C1. The number of carbonyl (C=O) groups is 1. The van der Waals surface area contributed by atoms with E-state index in [0.717, 1.165) is 50.4 Å². The predicted molar refractivity (Wildman–Crippen MR) is 93.1 cm³/mol. The van der Waals surface area contributed by atoms with E-state index in [1.807, 2.05) is 13.0 Å². The molecule has 0 unspecified atom stereocenters. The second-order valence-corrected chi connectivity index (χ2v) is 6.59. The Morgan fingerprint density at radius 1 is 1.29 bits per heavy atom. The minimum Gasteiger partial charge on any atom is -0.394 e. The number of anilines is 2. The minimum atomic E-state index is 0.0223. The first kappa shape index (κ1) is 17.0. The molecule has 3 rings (SSSR count). The summed E-state index contributed by atoms with van der Waals surface area (Å²) in [5.41, 5.74) is 0. The molecule has 0 aromatic carbocycles. The van der Waals surface area contributed by atoms with Crippen LogP contribution in [-0.4, -0.2) is 59.8 Å². The van der Waals surface area contributed by atoms with Crippen LogP contribution in [-0.2, 0) is 4.79 Å². The fourth-order valence-electron chi connectivity index (χ4n) is 3.71. The molecule has 7 heteroatoms. The standard InChI is InChI=1S/C17H27N5O2/c1-2-18-17(24)13-5-3-7-21(10-13)15-9-16(20-12-19-15)22-8-4-6-14(22)11-23/h9,12-14,23H,2-8,10-11H2,1H3,(H,18,24)/t13-,14-/m1/s1. The second kappa shape index (κ2) is 7.79. The second-order valence-electron chi connectivity index (χ2n) is 6.59. The molecule has 0 saturated carbocycles. The Balaban J connectivity index is 1.72. The maximum absolute atomic E-state index is 12.1. The fraction of sp³-hybridized carbons (Fsp3) is 0.706. The van der Waals surface area contributed by atoms with Crippen molar-refractivity contribution in [1.29, 1.82) is 0 Å². The summed E-state index contributed by atoms with van der Waals surface area (Å²) in [5, 5.41) is 12.4. The Morgan fingerprint density at radius 2 is 2.08 bits per heavy atom. The third-order valence-corrected chi connectivity index (χ3v) is 4.99. The molecule has 1 amide bonds. The number of aromatic nitrogens is 2. The Hall–Kier alpha value is -1.89. The van der Waals surface area contributed by atoms with Gasteiger partial charge in [0, 0.05) is 32.2 Å². The van der Waals surface area contributed by atoms with Crippen molar-refractivity contribution in [1.82, 2.24) is 15.3 Å². The van der Waals surface area contributed by atoms with E-state index in [9.17, 15) is 9.90 Å². The number of aliphatic hydroxyl groups is 1. The number of nitrogens with one attached hydrogen (secondary N) is 1. The molecule has 2 N–H and O–H groups in total. The molecule has 0 bridgehead atoms. The Kier molecular flexibility index (Phi) is 5.50. The quantitative estimate of drug-likeness (QED) is 0.829. The maximum atomic E-state index is 12.1. The van der Waals surface area contributed by atoms with Gasteiger partial charge >= 0.3 is 0 Å².